The van der Waals surface area contributed by atoms with Gasteiger partial charge >= 0.3 is 12.0 Å². The maximum Gasteiger partial charge on any atom is 0.326 e. The van der Waals surface area contributed by atoms with Crippen LogP contribution >= 0.6 is 34.8 Å². The lowest BCUT2D eigenvalue weighted by Gasteiger charge is -2.48. The number of hydrogen-bond donors (Lipinski definition) is 1. The van der Waals surface area contributed by atoms with Crippen LogP contribution in [-0.4, -0.2) is 92.9 Å². The van der Waals surface area contributed by atoms with Crippen molar-refractivity contribution in [2.24, 2.45) is 4.99 Å². The van der Waals surface area contributed by atoms with Gasteiger partial charge in [-0.15, -0.1) is 0 Å². The van der Waals surface area contributed by atoms with Gasteiger partial charge in [0, 0.05) is 41.3 Å². The maximum absolute atomic E-state index is 15.3. The summed E-state index contributed by atoms with van der Waals surface area (Å²) in [4.78, 5) is 38.4. The minimum Gasteiger partial charge on any atom is -0.493 e. The molecule has 2 aliphatic rings. The number of sulfonamides is 1. The minimum atomic E-state index is -4.18. The number of nitrogens with zero attached hydrogens (tertiary/aromatic N) is 4. The Balaban J connectivity index is 1.84. The number of methoxy groups -OCH3 is 1. The highest BCUT2D eigenvalue weighted by atomic mass is 35.5. The lowest BCUT2D eigenvalue weighted by molar-refractivity contribution is -0.148. The lowest BCUT2D eigenvalue weighted by atomic mass is 9.71. The van der Waals surface area contributed by atoms with Gasteiger partial charge in [0.2, 0.25) is 10.0 Å². The van der Waals surface area contributed by atoms with Gasteiger partial charge < -0.3 is 14.4 Å². The second-order valence-corrected chi connectivity index (χ2v) is 17.2. The summed E-state index contributed by atoms with van der Waals surface area (Å²) in [5.74, 6) is -0.108. The summed E-state index contributed by atoms with van der Waals surface area (Å²) in [6, 6.07) is 16.0. The number of piperazine rings is 1. The molecule has 0 aromatic heterocycles. The molecule has 2 amide bonds. The highest BCUT2D eigenvalue weighted by Gasteiger charge is 2.60. The van der Waals surface area contributed by atoms with Crippen LogP contribution < -0.4 is 9.46 Å². The average molecular weight is 793 g/mol. The average Bonchev–Trinajstić information content (AvgIpc) is 3.31. The molecule has 0 bridgehead atoms. The Hall–Kier alpha value is -3.39. The van der Waals surface area contributed by atoms with Crippen LogP contribution in [0.4, 0.5) is 4.79 Å². The Labute approximate surface area is 320 Å². The summed E-state index contributed by atoms with van der Waals surface area (Å²) in [6.07, 6.45) is 0. The van der Waals surface area contributed by atoms with Crippen molar-refractivity contribution < 1.29 is 27.5 Å². The first kappa shape index (κ1) is 39.8. The predicted octanol–water partition coefficient (Wildman–Crippen LogP) is 6.92. The number of halogens is 3. The molecule has 0 saturated carbocycles. The normalized spacial score (nSPS) is 22.7. The Morgan fingerprint density at radius 1 is 0.962 bits per heavy atom. The number of esters is 1. The first-order valence-corrected chi connectivity index (χ1v) is 19.4. The number of urea groups is 1. The third kappa shape index (κ3) is 7.38. The second-order valence-electron chi connectivity index (χ2n) is 14.2. The van der Waals surface area contributed by atoms with E-state index in [0.29, 0.717) is 22.2 Å². The fourth-order valence-corrected chi connectivity index (χ4v) is 9.01. The van der Waals surface area contributed by atoms with Gasteiger partial charge in [-0.3, -0.25) is 19.6 Å². The number of carbonyl (C=O) groups excluding carboxylic acids is 2. The topological polar surface area (TPSA) is 121 Å². The van der Waals surface area contributed by atoms with Crippen LogP contribution in [0.1, 0.15) is 58.2 Å². The summed E-state index contributed by atoms with van der Waals surface area (Å²) in [5.41, 5.74) is -1.68. The van der Waals surface area contributed by atoms with Crippen molar-refractivity contribution >= 4 is 62.7 Å². The molecule has 0 aliphatic carbocycles. The first-order chi connectivity index (χ1) is 24.3. The number of hydrogen-bond acceptors (Lipinski definition) is 8. The van der Waals surface area contributed by atoms with Gasteiger partial charge in [0.15, 0.2) is 0 Å². The molecule has 1 unspecified atom stereocenters. The Bertz CT molecular complexity index is 1990. The largest absolute Gasteiger partial charge is 0.493 e. The predicted molar refractivity (Wildman–Crippen MR) is 204 cm³/mol. The molecule has 52 heavy (non-hydrogen) atoms. The summed E-state index contributed by atoms with van der Waals surface area (Å²) >= 11 is 19.4. The molecule has 1 saturated heterocycles. The van der Waals surface area contributed by atoms with Crippen LogP contribution in [0, 0.1) is 0 Å². The van der Waals surface area contributed by atoms with Gasteiger partial charge in [0.05, 0.1) is 24.3 Å². The van der Waals surface area contributed by atoms with Crippen LogP contribution in [0.25, 0.3) is 0 Å². The van der Waals surface area contributed by atoms with Gasteiger partial charge in [-0.2, -0.15) is 0 Å². The van der Waals surface area contributed by atoms with Crippen molar-refractivity contribution in [3.8, 4) is 5.75 Å². The highest BCUT2D eigenvalue weighted by Crippen LogP contribution is 2.54. The molecule has 2 aliphatic heterocycles. The number of nitrogens with one attached hydrogen (secondary N) is 1. The molecule has 0 spiro atoms. The highest BCUT2D eigenvalue weighted by molar-refractivity contribution is 7.89. The van der Waals surface area contributed by atoms with Crippen LogP contribution in [0.5, 0.6) is 5.75 Å². The summed E-state index contributed by atoms with van der Waals surface area (Å²) in [6.45, 7) is 11.7. The standard InChI is InChI=1S/C37H44Cl3N5O6S/c1-9-51-30-21-28(40)31(52(48,49)42-35(2,3)4)20-27(30)32-41-36(5,23-10-14-25(38)15-11-23)37(6,24-12-16-26(39)17-13-24)45(32)34(47)44-19-18-43(7)29(22-44)33(46)50-8/h10-17,20-21,29,42H,9,18-19,22H2,1-8H3/t29?,36-,37+/m0/s1. The van der Waals surface area contributed by atoms with E-state index < -0.39 is 44.7 Å². The van der Waals surface area contributed by atoms with Gasteiger partial charge in [0.25, 0.3) is 0 Å². The molecule has 11 nitrogen and oxygen atoms in total. The van der Waals surface area contributed by atoms with E-state index in [4.69, 9.17) is 49.3 Å². The monoisotopic (exact) mass is 791 g/mol. The molecule has 280 valence electrons. The van der Waals surface area contributed by atoms with E-state index in [9.17, 15) is 13.2 Å². The van der Waals surface area contributed by atoms with Gasteiger partial charge in [0.1, 0.15) is 33.6 Å². The van der Waals surface area contributed by atoms with Gasteiger partial charge in [-0.25, -0.2) is 17.9 Å². The zero-order chi connectivity index (χ0) is 38.4. The zero-order valence-corrected chi connectivity index (χ0v) is 33.5. The molecule has 1 N–H and O–H groups in total. The molecular formula is C37H44Cl3N5O6S. The van der Waals surface area contributed by atoms with Crippen molar-refractivity contribution in [2.45, 2.75) is 69.1 Å². The smallest absolute Gasteiger partial charge is 0.326 e. The molecule has 0 radical (unpaired) electrons. The molecule has 3 aromatic rings. The van der Waals surface area contributed by atoms with Crippen LogP contribution in [0.2, 0.25) is 15.1 Å². The summed E-state index contributed by atoms with van der Waals surface area (Å²) in [7, 11) is -1.06. The van der Waals surface area contributed by atoms with Gasteiger partial charge in [-0.1, -0.05) is 59.1 Å². The van der Waals surface area contributed by atoms with Crippen LogP contribution in [-0.2, 0) is 30.6 Å². The third-order valence-electron chi connectivity index (χ3n) is 9.64. The molecule has 15 heteroatoms. The zero-order valence-electron chi connectivity index (χ0n) is 30.5. The molecule has 1 fully saturated rings. The molecule has 5 rings (SSSR count). The van der Waals surface area contributed by atoms with E-state index in [2.05, 4.69) is 4.72 Å². The van der Waals surface area contributed by atoms with Crippen molar-refractivity contribution in [3.63, 3.8) is 0 Å². The molecule has 3 atom stereocenters. The maximum atomic E-state index is 15.3. The van der Waals surface area contributed by atoms with Crippen LogP contribution in [0.3, 0.4) is 0 Å². The van der Waals surface area contributed by atoms with Crippen molar-refractivity contribution in [1.29, 1.82) is 0 Å². The molecular weight excluding hydrogens is 749 g/mol. The summed E-state index contributed by atoms with van der Waals surface area (Å²) < 4.78 is 41.6. The Kier molecular flexibility index (Phi) is 11.3. The summed E-state index contributed by atoms with van der Waals surface area (Å²) in [5, 5.41) is 0.941. The number of likely N-dealkylation sites (N-methyl/N-ethyl adjacent to an activating group) is 1. The van der Waals surface area contributed by atoms with Crippen molar-refractivity contribution in [3.05, 3.63) is 92.4 Å². The molecule has 3 aromatic carbocycles. The number of benzene rings is 3. The molecule has 2 heterocycles. The third-order valence-corrected chi connectivity index (χ3v) is 12.4. The second kappa shape index (κ2) is 14.8. The fraction of sp³-hybridized carbons (Fsp3) is 0.432. The number of aliphatic imine (C=N–C) groups is 1. The van der Waals surface area contributed by atoms with E-state index >= 15 is 4.79 Å². The SMILES string of the molecule is CCOc1cc(Cl)c(S(=O)(=O)NC(C)(C)C)cc1C1=N[C@@](C)(c2ccc(Cl)cc2)[C@@](C)(c2ccc(Cl)cc2)N1C(=O)N1CCN(C)C(C(=O)OC)C1. The first-order valence-electron chi connectivity index (χ1n) is 16.8. The quantitative estimate of drug-likeness (QED) is 0.246. The van der Waals surface area contributed by atoms with E-state index in [1.54, 1.807) is 68.8 Å². The van der Waals surface area contributed by atoms with E-state index in [1.165, 1.54) is 19.2 Å². The van der Waals surface area contributed by atoms with Crippen LogP contribution in [0.15, 0.2) is 70.6 Å². The number of ether oxygens (including phenoxy) is 2. The minimum absolute atomic E-state index is 0.0359. The van der Waals surface area contributed by atoms with Crippen molar-refractivity contribution in [2.75, 3.05) is 40.4 Å². The van der Waals surface area contributed by atoms with E-state index in [-0.39, 0.29) is 46.8 Å². The number of amidine groups is 1. The Morgan fingerprint density at radius 3 is 2.08 bits per heavy atom. The van der Waals surface area contributed by atoms with Crippen molar-refractivity contribution in [1.82, 2.24) is 19.4 Å². The van der Waals surface area contributed by atoms with E-state index in [1.807, 2.05) is 43.0 Å². The fourth-order valence-electron chi connectivity index (χ4n) is 6.80. The Morgan fingerprint density at radius 2 is 1.54 bits per heavy atom. The number of amides is 2. The number of carbonyl (C=O) groups is 2. The van der Waals surface area contributed by atoms with E-state index in [0.717, 1.165) is 5.56 Å². The lowest BCUT2D eigenvalue weighted by Crippen LogP contribution is -2.63. The van der Waals surface area contributed by atoms with Gasteiger partial charge in [-0.05, 0) is 90.0 Å². The number of rotatable bonds is 8.